The highest BCUT2D eigenvalue weighted by atomic mass is 16.5. The fraction of sp³-hybridized carbons (Fsp3) is 0.400. The minimum absolute atomic E-state index is 0.0810. The largest absolute Gasteiger partial charge is 0.461 e. The summed E-state index contributed by atoms with van der Waals surface area (Å²) in [6.45, 7) is 6.43. The van der Waals surface area contributed by atoms with Crippen LogP contribution >= 0.6 is 0 Å². The summed E-state index contributed by atoms with van der Waals surface area (Å²) < 4.78 is 10.7. The number of hydrogen-bond acceptors (Lipinski definition) is 5. The SMILES string of the molecule is CCOC(=O)/C(=C\CCCOCc1ccccc1)N/C(C)=C/C(C)=O. The van der Waals surface area contributed by atoms with Gasteiger partial charge >= 0.3 is 5.97 Å². The van der Waals surface area contributed by atoms with Gasteiger partial charge in [0.2, 0.25) is 0 Å². The summed E-state index contributed by atoms with van der Waals surface area (Å²) in [7, 11) is 0. The van der Waals surface area contributed by atoms with Crippen molar-refractivity contribution < 1.29 is 19.1 Å². The third-order valence-corrected chi connectivity index (χ3v) is 3.20. The molecule has 1 N–H and O–H groups in total. The van der Waals surface area contributed by atoms with Crippen LogP contribution in [0.25, 0.3) is 0 Å². The third-order valence-electron chi connectivity index (χ3n) is 3.20. The molecule has 25 heavy (non-hydrogen) atoms. The molecule has 5 heteroatoms. The summed E-state index contributed by atoms with van der Waals surface area (Å²) >= 11 is 0. The Hall–Kier alpha value is -2.40. The predicted molar refractivity (Wildman–Crippen MR) is 97.6 cm³/mol. The Balaban J connectivity index is 2.45. The summed E-state index contributed by atoms with van der Waals surface area (Å²) in [5.74, 6) is -0.508. The molecule has 1 aromatic rings. The lowest BCUT2D eigenvalue weighted by atomic mass is 10.2. The molecule has 5 nitrogen and oxygen atoms in total. The van der Waals surface area contributed by atoms with E-state index in [1.54, 1.807) is 19.9 Å². The molecule has 1 rings (SSSR count). The molecule has 0 heterocycles. The molecule has 0 saturated carbocycles. The number of nitrogens with one attached hydrogen (secondary N) is 1. The zero-order valence-electron chi connectivity index (χ0n) is 15.2. The summed E-state index contributed by atoms with van der Waals surface area (Å²) in [4.78, 5) is 23.1. The second kappa shape index (κ2) is 12.0. The monoisotopic (exact) mass is 345 g/mol. The van der Waals surface area contributed by atoms with Crippen LogP contribution in [0.1, 0.15) is 39.2 Å². The number of rotatable bonds is 11. The number of ether oxygens (including phenoxy) is 2. The van der Waals surface area contributed by atoms with Crippen LogP contribution in [0.15, 0.2) is 53.9 Å². The maximum absolute atomic E-state index is 12.0. The molecule has 0 spiro atoms. The van der Waals surface area contributed by atoms with E-state index in [0.717, 1.165) is 12.0 Å². The van der Waals surface area contributed by atoms with Crippen molar-refractivity contribution in [2.24, 2.45) is 0 Å². The molecule has 0 aliphatic heterocycles. The molecule has 0 unspecified atom stereocenters. The molecular formula is C20H27NO4. The van der Waals surface area contributed by atoms with Crippen molar-refractivity contribution in [3.05, 3.63) is 59.4 Å². The minimum Gasteiger partial charge on any atom is -0.461 e. The minimum atomic E-state index is -0.427. The van der Waals surface area contributed by atoms with Crippen LogP contribution < -0.4 is 5.32 Å². The van der Waals surface area contributed by atoms with Crippen LogP contribution in [0.3, 0.4) is 0 Å². The number of allylic oxidation sites excluding steroid dienone is 3. The maximum atomic E-state index is 12.0. The van der Waals surface area contributed by atoms with E-state index in [4.69, 9.17) is 9.47 Å². The highest BCUT2D eigenvalue weighted by Gasteiger charge is 2.10. The maximum Gasteiger partial charge on any atom is 0.354 e. The molecule has 136 valence electrons. The van der Waals surface area contributed by atoms with E-state index in [1.807, 2.05) is 30.3 Å². The summed E-state index contributed by atoms with van der Waals surface area (Å²) in [5, 5.41) is 2.94. The van der Waals surface area contributed by atoms with Crippen molar-refractivity contribution in [2.75, 3.05) is 13.2 Å². The van der Waals surface area contributed by atoms with E-state index in [0.29, 0.717) is 37.6 Å². The van der Waals surface area contributed by atoms with E-state index in [-0.39, 0.29) is 5.78 Å². The average Bonchev–Trinajstić information content (AvgIpc) is 2.57. The molecule has 1 aromatic carbocycles. The number of unbranched alkanes of at least 4 members (excludes halogenated alkanes) is 1. The summed E-state index contributed by atoms with van der Waals surface area (Å²) in [6, 6.07) is 9.98. The van der Waals surface area contributed by atoms with Gasteiger partial charge in [-0.1, -0.05) is 36.4 Å². The number of esters is 1. The Bertz CT molecular complexity index is 605. The molecule has 0 radical (unpaired) electrons. The van der Waals surface area contributed by atoms with Crippen LogP contribution in [-0.2, 0) is 25.7 Å². The Kier molecular flexibility index (Phi) is 9.94. The van der Waals surface area contributed by atoms with Gasteiger partial charge in [-0.3, -0.25) is 4.79 Å². The smallest absolute Gasteiger partial charge is 0.354 e. The zero-order chi connectivity index (χ0) is 18.5. The first kappa shape index (κ1) is 20.6. The highest BCUT2D eigenvalue weighted by molar-refractivity contribution is 5.90. The van der Waals surface area contributed by atoms with E-state index in [1.165, 1.54) is 13.0 Å². The van der Waals surface area contributed by atoms with Gasteiger partial charge in [-0.25, -0.2) is 4.79 Å². The molecule has 0 atom stereocenters. The lowest BCUT2D eigenvalue weighted by molar-refractivity contribution is -0.138. The van der Waals surface area contributed by atoms with Crippen molar-refractivity contribution >= 4 is 11.8 Å². The van der Waals surface area contributed by atoms with Gasteiger partial charge in [0.1, 0.15) is 5.70 Å². The van der Waals surface area contributed by atoms with E-state index in [9.17, 15) is 9.59 Å². The topological polar surface area (TPSA) is 64.6 Å². The van der Waals surface area contributed by atoms with Crippen molar-refractivity contribution in [1.82, 2.24) is 5.32 Å². The van der Waals surface area contributed by atoms with Crippen molar-refractivity contribution in [2.45, 2.75) is 40.2 Å². The average molecular weight is 345 g/mol. The number of ketones is 1. The first-order chi connectivity index (χ1) is 12.0. The van der Waals surface area contributed by atoms with Crippen LogP contribution in [0, 0.1) is 0 Å². The first-order valence-electron chi connectivity index (χ1n) is 8.47. The van der Waals surface area contributed by atoms with Gasteiger partial charge < -0.3 is 14.8 Å². The lowest BCUT2D eigenvalue weighted by Gasteiger charge is -2.10. The van der Waals surface area contributed by atoms with Gasteiger partial charge in [-0.2, -0.15) is 0 Å². The Labute approximate surface area is 149 Å². The van der Waals surface area contributed by atoms with Crippen LogP contribution in [0.5, 0.6) is 0 Å². The standard InChI is InChI=1S/C20H27NO4/c1-4-25-20(23)19(21-16(2)14-17(3)22)12-8-9-13-24-15-18-10-6-5-7-11-18/h5-7,10-12,14,21H,4,8-9,13,15H2,1-3H3/b16-14+,19-12+. The van der Waals surface area contributed by atoms with Gasteiger partial charge in [0.15, 0.2) is 5.78 Å². The van der Waals surface area contributed by atoms with Crippen LogP contribution in [-0.4, -0.2) is 25.0 Å². The zero-order valence-corrected chi connectivity index (χ0v) is 15.2. The highest BCUT2D eigenvalue weighted by Crippen LogP contribution is 2.05. The third kappa shape index (κ3) is 9.47. The van der Waals surface area contributed by atoms with Crippen LogP contribution in [0.4, 0.5) is 0 Å². The lowest BCUT2D eigenvalue weighted by Crippen LogP contribution is -2.21. The molecule has 0 aliphatic rings. The summed E-state index contributed by atoms with van der Waals surface area (Å²) in [6.07, 6.45) is 4.67. The molecule has 0 aliphatic carbocycles. The molecule has 0 fully saturated rings. The molecule has 0 amide bonds. The molecular weight excluding hydrogens is 318 g/mol. The van der Waals surface area contributed by atoms with Gasteiger partial charge in [-0.05, 0) is 45.3 Å². The van der Waals surface area contributed by atoms with Gasteiger partial charge in [0, 0.05) is 12.3 Å². The van der Waals surface area contributed by atoms with E-state index < -0.39 is 5.97 Å². The molecule has 0 bridgehead atoms. The van der Waals surface area contributed by atoms with Crippen molar-refractivity contribution in [3.63, 3.8) is 0 Å². The first-order valence-corrected chi connectivity index (χ1v) is 8.47. The fourth-order valence-corrected chi connectivity index (χ4v) is 2.14. The number of hydrogen-bond donors (Lipinski definition) is 1. The van der Waals surface area contributed by atoms with E-state index >= 15 is 0 Å². The normalized spacial score (nSPS) is 12.0. The van der Waals surface area contributed by atoms with Gasteiger partial charge in [-0.15, -0.1) is 0 Å². The Morgan fingerprint density at radius 1 is 1.16 bits per heavy atom. The van der Waals surface area contributed by atoms with Crippen LogP contribution in [0.2, 0.25) is 0 Å². The van der Waals surface area contributed by atoms with Gasteiger partial charge in [0.25, 0.3) is 0 Å². The van der Waals surface area contributed by atoms with E-state index in [2.05, 4.69) is 5.32 Å². The Morgan fingerprint density at radius 2 is 1.88 bits per heavy atom. The number of carbonyl (C=O) groups excluding carboxylic acids is 2. The van der Waals surface area contributed by atoms with Crippen molar-refractivity contribution in [1.29, 1.82) is 0 Å². The number of carbonyl (C=O) groups is 2. The molecule has 0 aromatic heterocycles. The quantitative estimate of drug-likeness (QED) is 0.378. The van der Waals surface area contributed by atoms with Crippen molar-refractivity contribution in [3.8, 4) is 0 Å². The summed E-state index contributed by atoms with van der Waals surface area (Å²) in [5.41, 5.74) is 2.09. The predicted octanol–water partition coefficient (Wildman–Crippen LogP) is 3.51. The van der Waals surface area contributed by atoms with Gasteiger partial charge in [0.05, 0.1) is 13.2 Å². The second-order valence-electron chi connectivity index (χ2n) is 5.58. The number of benzene rings is 1. The second-order valence-corrected chi connectivity index (χ2v) is 5.58. The fourth-order valence-electron chi connectivity index (χ4n) is 2.14. The Morgan fingerprint density at radius 3 is 2.52 bits per heavy atom. The molecule has 0 saturated heterocycles.